The number of amides is 1. The molecule has 2 aromatic carbocycles. The Kier molecular flexibility index (Phi) is 7.14. The largest absolute Gasteiger partial charge is 0.336 e. The van der Waals surface area contributed by atoms with Gasteiger partial charge in [0.05, 0.1) is 12.3 Å². The molecule has 1 aromatic heterocycles. The molecule has 1 amide bonds. The lowest BCUT2D eigenvalue weighted by Gasteiger charge is -2.44. The lowest BCUT2D eigenvalue weighted by Crippen LogP contribution is -2.48. The number of sulfonamides is 1. The number of hydrogen-bond acceptors (Lipinski definition) is 4. The Balaban J connectivity index is 1.50. The molecule has 3 aromatic rings. The van der Waals surface area contributed by atoms with Crippen molar-refractivity contribution in [1.82, 2.24) is 14.6 Å². The van der Waals surface area contributed by atoms with Crippen LogP contribution in [0.25, 0.3) is 11.1 Å². The summed E-state index contributed by atoms with van der Waals surface area (Å²) in [5.74, 6) is 0.0956. The number of pyridine rings is 1. The van der Waals surface area contributed by atoms with E-state index in [0.29, 0.717) is 25.9 Å². The van der Waals surface area contributed by atoms with E-state index < -0.39 is 10.0 Å². The number of rotatable bonds is 8. The van der Waals surface area contributed by atoms with Gasteiger partial charge in [0.25, 0.3) is 0 Å². The van der Waals surface area contributed by atoms with Crippen LogP contribution in [0.3, 0.4) is 0 Å². The quantitative estimate of drug-likeness (QED) is 0.524. The predicted octanol–water partition coefficient (Wildman–Crippen LogP) is 4.31. The molecule has 2 atom stereocenters. The molecule has 0 spiro atoms. The molecule has 1 saturated heterocycles. The van der Waals surface area contributed by atoms with Crippen molar-refractivity contribution in [3.8, 4) is 11.1 Å². The molecule has 1 fully saturated rings. The molecule has 4 rings (SSSR count). The second kappa shape index (κ2) is 10.1. The SMILES string of the molecule is C[C@H](c1ccc(-c2cccnc2)cc1)N1CC[C@@](CCNS(C)(=O)=O)(c2ccccc2)CC1=O. The molecular formula is C27H31N3O3S. The summed E-state index contributed by atoms with van der Waals surface area (Å²) in [7, 11) is -3.28. The van der Waals surface area contributed by atoms with Gasteiger partial charge >= 0.3 is 0 Å². The van der Waals surface area contributed by atoms with E-state index in [4.69, 9.17) is 0 Å². The Labute approximate surface area is 202 Å². The zero-order chi connectivity index (χ0) is 24.2. The Hall–Kier alpha value is -3.03. The molecule has 1 aliphatic heterocycles. The first-order chi connectivity index (χ1) is 16.3. The molecule has 2 heterocycles. The molecule has 0 saturated carbocycles. The van der Waals surface area contributed by atoms with Crippen LogP contribution in [0.15, 0.2) is 79.1 Å². The fourth-order valence-electron chi connectivity index (χ4n) is 4.89. The molecule has 0 bridgehead atoms. The first-order valence-electron chi connectivity index (χ1n) is 11.6. The third kappa shape index (κ3) is 5.54. The van der Waals surface area contributed by atoms with Crippen molar-refractivity contribution in [2.45, 2.75) is 37.6 Å². The van der Waals surface area contributed by atoms with Gasteiger partial charge < -0.3 is 4.90 Å². The number of piperidine rings is 1. The summed E-state index contributed by atoms with van der Waals surface area (Å²) in [4.78, 5) is 19.6. The monoisotopic (exact) mass is 477 g/mol. The van der Waals surface area contributed by atoms with Gasteiger partial charge in [-0.3, -0.25) is 9.78 Å². The highest BCUT2D eigenvalue weighted by Gasteiger charge is 2.41. The summed E-state index contributed by atoms with van der Waals surface area (Å²) < 4.78 is 25.8. The molecule has 7 heteroatoms. The summed E-state index contributed by atoms with van der Waals surface area (Å²) in [5.41, 5.74) is 3.96. The highest BCUT2D eigenvalue weighted by Crippen LogP contribution is 2.41. The zero-order valence-electron chi connectivity index (χ0n) is 19.6. The lowest BCUT2D eigenvalue weighted by molar-refractivity contribution is -0.138. The number of nitrogens with zero attached hydrogens (tertiary/aromatic N) is 2. The van der Waals surface area contributed by atoms with Crippen molar-refractivity contribution < 1.29 is 13.2 Å². The van der Waals surface area contributed by atoms with Crippen LogP contribution >= 0.6 is 0 Å². The maximum absolute atomic E-state index is 13.4. The lowest BCUT2D eigenvalue weighted by atomic mass is 9.70. The Morgan fingerprint density at radius 2 is 1.76 bits per heavy atom. The number of nitrogens with one attached hydrogen (secondary N) is 1. The molecule has 0 aliphatic carbocycles. The van der Waals surface area contributed by atoms with Crippen LogP contribution in [0.1, 0.15) is 43.4 Å². The van der Waals surface area contributed by atoms with Crippen molar-refractivity contribution in [1.29, 1.82) is 0 Å². The second-order valence-corrected chi connectivity index (χ2v) is 10.9. The number of aromatic nitrogens is 1. The van der Waals surface area contributed by atoms with E-state index in [1.54, 1.807) is 6.20 Å². The van der Waals surface area contributed by atoms with E-state index in [0.717, 1.165) is 34.9 Å². The summed E-state index contributed by atoms with van der Waals surface area (Å²) >= 11 is 0. The normalized spacial score (nSPS) is 19.7. The Morgan fingerprint density at radius 1 is 1.03 bits per heavy atom. The standard InChI is InChI=1S/C27H31N3O3S/c1-21(22-10-12-23(13-11-22)24-7-6-16-28-20-24)30-18-15-27(19-26(30)31,14-17-29-34(2,32)33)25-8-4-3-5-9-25/h3-13,16,20-21,29H,14-15,17-19H2,1-2H3/t21-,27-/m1/s1. The Morgan fingerprint density at radius 3 is 2.38 bits per heavy atom. The van der Waals surface area contributed by atoms with Crippen molar-refractivity contribution in [2.75, 3.05) is 19.3 Å². The van der Waals surface area contributed by atoms with Crippen LogP contribution in [0.4, 0.5) is 0 Å². The van der Waals surface area contributed by atoms with E-state index in [-0.39, 0.29) is 17.4 Å². The van der Waals surface area contributed by atoms with Crippen LogP contribution in [0, 0.1) is 0 Å². The number of benzene rings is 2. The fourth-order valence-corrected chi connectivity index (χ4v) is 5.36. The van der Waals surface area contributed by atoms with Crippen molar-refractivity contribution in [3.05, 3.63) is 90.3 Å². The minimum absolute atomic E-state index is 0.0432. The smallest absolute Gasteiger partial charge is 0.223 e. The molecule has 1 N–H and O–H groups in total. The van der Waals surface area contributed by atoms with Gasteiger partial charge in [-0.25, -0.2) is 13.1 Å². The number of carbonyl (C=O) groups is 1. The van der Waals surface area contributed by atoms with Crippen molar-refractivity contribution in [3.63, 3.8) is 0 Å². The predicted molar refractivity (Wildman–Crippen MR) is 135 cm³/mol. The van der Waals surface area contributed by atoms with E-state index >= 15 is 0 Å². The van der Waals surface area contributed by atoms with Gasteiger partial charge in [0.2, 0.25) is 15.9 Å². The van der Waals surface area contributed by atoms with Crippen LogP contribution in [-0.4, -0.2) is 43.6 Å². The fraction of sp³-hybridized carbons (Fsp3) is 0.333. The Bertz CT molecular complexity index is 1210. The van der Waals surface area contributed by atoms with Gasteiger partial charge in [-0.05, 0) is 48.1 Å². The number of carbonyl (C=O) groups excluding carboxylic acids is 1. The minimum atomic E-state index is -3.28. The summed E-state index contributed by atoms with van der Waals surface area (Å²) in [6.07, 6.45) is 6.49. The molecule has 34 heavy (non-hydrogen) atoms. The molecule has 0 radical (unpaired) electrons. The van der Waals surface area contributed by atoms with Crippen LogP contribution in [0.2, 0.25) is 0 Å². The van der Waals surface area contributed by atoms with Gasteiger partial charge in [-0.1, -0.05) is 60.7 Å². The molecule has 0 unspecified atom stereocenters. The summed E-state index contributed by atoms with van der Waals surface area (Å²) in [6.45, 7) is 3.00. The third-order valence-corrected chi connectivity index (χ3v) is 7.58. The van der Waals surface area contributed by atoms with Gasteiger partial charge in [-0.2, -0.15) is 0 Å². The van der Waals surface area contributed by atoms with E-state index in [2.05, 4.69) is 40.9 Å². The molecular weight excluding hydrogens is 446 g/mol. The third-order valence-electron chi connectivity index (χ3n) is 6.85. The van der Waals surface area contributed by atoms with Crippen molar-refractivity contribution >= 4 is 15.9 Å². The second-order valence-electron chi connectivity index (χ2n) is 9.12. The van der Waals surface area contributed by atoms with Gasteiger partial charge in [-0.15, -0.1) is 0 Å². The first-order valence-corrected chi connectivity index (χ1v) is 13.5. The minimum Gasteiger partial charge on any atom is -0.336 e. The average molecular weight is 478 g/mol. The van der Waals surface area contributed by atoms with Gasteiger partial charge in [0.15, 0.2) is 0 Å². The van der Waals surface area contributed by atoms with E-state index in [9.17, 15) is 13.2 Å². The van der Waals surface area contributed by atoms with Crippen LogP contribution < -0.4 is 4.72 Å². The average Bonchev–Trinajstić information content (AvgIpc) is 2.84. The highest BCUT2D eigenvalue weighted by atomic mass is 32.2. The first kappa shape index (κ1) is 24.1. The molecule has 6 nitrogen and oxygen atoms in total. The van der Waals surface area contributed by atoms with Crippen LogP contribution in [0.5, 0.6) is 0 Å². The summed E-state index contributed by atoms with van der Waals surface area (Å²) in [6, 6.07) is 22.2. The number of hydrogen-bond donors (Lipinski definition) is 1. The number of likely N-dealkylation sites (tertiary alicyclic amines) is 1. The van der Waals surface area contributed by atoms with E-state index in [1.165, 1.54) is 0 Å². The maximum atomic E-state index is 13.4. The highest BCUT2D eigenvalue weighted by molar-refractivity contribution is 7.88. The van der Waals surface area contributed by atoms with Crippen LogP contribution in [-0.2, 0) is 20.2 Å². The molecule has 1 aliphatic rings. The summed E-state index contributed by atoms with van der Waals surface area (Å²) in [5, 5.41) is 0. The zero-order valence-corrected chi connectivity index (χ0v) is 20.5. The van der Waals surface area contributed by atoms with Gasteiger partial charge in [0.1, 0.15) is 0 Å². The molecule has 178 valence electrons. The topological polar surface area (TPSA) is 79.4 Å². The van der Waals surface area contributed by atoms with E-state index in [1.807, 2.05) is 53.6 Å². The maximum Gasteiger partial charge on any atom is 0.223 e. The van der Waals surface area contributed by atoms with Crippen molar-refractivity contribution in [2.24, 2.45) is 0 Å². The van der Waals surface area contributed by atoms with Gasteiger partial charge in [0, 0.05) is 37.3 Å².